The van der Waals surface area contributed by atoms with E-state index in [1.165, 1.54) is 17.0 Å². The van der Waals surface area contributed by atoms with Gasteiger partial charge in [-0.05, 0) is 36.8 Å². The van der Waals surface area contributed by atoms with Gasteiger partial charge in [-0.1, -0.05) is 38.5 Å². The van der Waals surface area contributed by atoms with E-state index >= 15 is 4.57 Å². The lowest BCUT2D eigenvalue weighted by Gasteiger charge is -2.40. The number of ether oxygens (including phenoxy) is 1. The molecule has 3 heterocycles. The first-order chi connectivity index (χ1) is 14.5. The van der Waals surface area contributed by atoms with Crippen LogP contribution in [0.3, 0.4) is 0 Å². The van der Waals surface area contributed by atoms with Crippen LogP contribution in [0.25, 0.3) is 0 Å². The molecule has 0 bridgehead atoms. The number of rotatable bonds is 3. The molecule has 0 saturated carbocycles. The summed E-state index contributed by atoms with van der Waals surface area (Å²) in [4.78, 5) is 1.45. The maximum absolute atomic E-state index is 15.2. The molecule has 4 aliphatic rings. The van der Waals surface area contributed by atoms with Gasteiger partial charge < -0.3 is 9.64 Å². The van der Waals surface area contributed by atoms with Crippen LogP contribution in [-0.2, 0) is 9.30 Å². The molecule has 2 saturated heterocycles. The Bertz CT molecular complexity index is 899. The molecule has 0 aromatic heterocycles. The molecular formula is C23H34N4O2P+. The predicted molar refractivity (Wildman–Crippen MR) is 121 cm³/mol. The van der Waals surface area contributed by atoms with E-state index in [4.69, 9.17) is 9.84 Å². The summed E-state index contributed by atoms with van der Waals surface area (Å²) < 4.78 is 25.0. The lowest BCUT2D eigenvalue weighted by Crippen LogP contribution is -3.12. The van der Waals surface area contributed by atoms with Crippen molar-refractivity contribution in [3.8, 4) is 0 Å². The van der Waals surface area contributed by atoms with Crippen LogP contribution in [0.4, 0.5) is 5.69 Å². The molecule has 3 aliphatic heterocycles. The Morgan fingerprint density at radius 3 is 2.43 bits per heavy atom. The molecule has 7 heteroatoms. The van der Waals surface area contributed by atoms with Gasteiger partial charge in [-0.2, -0.15) is 9.88 Å². The number of piperidine rings is 1. The second kappa shape index (κ2) is 7.90. The van der Waals surface area contributed by atoms with Crippen LogP contribution in [0.2, 0.25) is 0 Å². The van der Waals surface area contributed by atoms with Crippen molar-refractivity contribution in [1.29, 1.82) is 0 Å². The average Bonchev–Trinajstić information content (AvgIpc) is 3.07. The van der Waals surface area contributed by atoms with Gasteiger partial charge >= 0.3 is 0 Å². The number of morpholine rings is 1. The van der Waals surface area contributed by atoms with E-state index in [9.17, 15) is 0 Å². The number of hydrazone groups is 1. The smallest absolute Gasteiger partial charge is 0.296 e. The third-order valence-electron chi connectivity index (χ3n) is 6.85. The molecule has 5 rings (SSSR count). The van der Waals surface area contributed by atoms with Crippen LogP contribution in [-0.4, -0.2) is 49.8 Å². The summed E-state index contributed by atoms with van der Waals surface area (Å²) in [6, 6.07) is 10.1. The fourth-order valence-corrected chi connectivity index (χ4v) is 8.69. The van der Waals surface area contributed by atoms with Gasteiger partial charge in [-0.25, -0.2) is 4.67 Å². The Morgan fingerprint density at radius 1 is 1.03 bits per heavy atom. The minimum absolute atomic E-state index is 0.127. The van der Waals surface area contributed by atoms with E-state index < -0.39 is 7.44 Å². The zero-order valence-electron chi connectivity index (χ0n) is 18.3. The van der Waals surface area contributed by atoms with Crippen molar-refractivity contribution in [2.24, 2.45) is 10.5 Å². The quantitative estimate of drug-likeness (QED) is 0.748. The lowest BCUT2D eigenvalue weighted by atomic mass is 9.78. The lowest BCUT2D eigenvalue weighted by molar-refractivity contribution is -0.871. The number of allylic oxidation sites excluding steroid dienone is 2. The van der Waals surface area contributed by atoms with Crippen LogP contribution < -0.4 is 9.68 Å². The third kappa shape index (κ3) is 3.48. The monoisotopic (exact) mass is 429 g/mol. The standard InChI is InChI=1S/C23H33N4O2P/c1-23(2)17-20-22(21(18-23)25-13-15-29-16-14-25)30(28,26-11-7-4-8-12-26)27(24-20)19-9-5-3-6-10-19/h3,5-6,9-10H,4,7-8,11-18H2,1-2H3/p+1/t30-/m0/s1. The highest BCUT2D eigenvalue weighted by Gasteiger charge is 2.55. The summed E-state index contributed by atoms with van der Waals surface area (Å²) in [7, 11) is -3.01. The Labute approximate surface area is 180 Å². The molecule has 2 fully saturated rings. The predicted octanol–water partition coefficient (Wildman–Crippen LogP) is 3.49. The number of quaternary nitrogens is 1. The van der Waals surface area contributed by atoms with Crippen molar-refractivity contribution >= 4 is 18.8 Å². The van der Waals surface area contributed by atoms with E-state index in [1.54, 1.807) is 0 Å². The number of nitrogens with zero attached hydrogens (tertiary/aromatic N) is 3. The summed E-state index contributed by atoms with van der Waals surface area (Å²) in [5.74, 6) is 0. The number of hydrogen-bond donors (Lipinski definition) is 1. The van der Waals surface area contributed by atoms with Crippen molar-refractivity contribution in [2.45, 2.75) is 46.0 Å². The number of nitrogens with one attached hydrogen (secondary N) is 1. The SMILES string of the molecule is CC1(C)CC2=NN(c3ccccc3)[P@@](=O)(N3CCCCC3)C2=C([NH+]2CCOCC2)C1. The van der Waals surface area contributed by atoms with E-state index in [0.29, 0.717) is 0 Å². The third-order valence-corrected chi connectivity index (χ3v) is 9.96. The highest BCUT2D eigenvalue weighted by molar-refractivity contribution is 7.69. The van der Waals surface area contributed by atoms with Crippen LogP contribution in [0.1, 0.15) is 46.0 Å². The number of hydrogen-bond acceptors (Lipinski definition) is 3. The second-order valence-corrected chi connectivity index (χ2v) is 12.3. The van der Waals surface area contributed by atoms with Gasteiger partial charge in [0.1, 0.15) is 24.1 Å². The minimum atomic E-state index is -3.01. The fourth-order valence-electron chi connectivity index (χ4n) is 5.43. The van der Waals surface area contributed by atoms with Crippen LogP contribution in [0, 0.1) is 5.41 Å². The van der Waals surface area contributed by atoms with Gasteiger partial charge in [0.2, 0.25) is 0 Å². The van der Waals surface area contributed by atoms with Gasteiger partial charge in [-0.15, -0.1) is 0 Å². The Balaban J connectivity index is 1.68. The van der Waals surface area contributed by atoms with Crippen molar-refractivity contribution in [3.05, 3.63) is 41.3 Å². The van der Waals surface area contributed by atoms with Crippen molar-refractivity contribution < 1.29 is 14.2 Å². The van der Waals surface area contributed by atoms with Gasteiger partial charge in [0.15, 0.2) is 0 Å². The molecule has 30 heavy (non-hydrogen) atoms. The summed E-state index contributed by atoms with van der Waals surface area (Å²) >= 11 is 0. The van der Waals surface area contributed by atoms with Gasteiger partial charge in [0, 0.05) is 19.5 Å². The largest absolute Gasteiger partial charge is 0.370 e. The first-order valence-electron chi connectivity index (χ1n) is 11.4. The summed E-state index contributed by atoms with van der Waals surface area (Å²) in [6.07, 6.45) is 5.32. The minimum Gasteiger partial charge on any atom is -0.370 e. The van der Waals surface area contributed by atoms with E-state index in [0.717, 1.165) is 81.8 Å². The maximum atomic E-state index is 15.2. The molecule has 1 aromatic carbocycles. The molecule has 1 atom stereocenters. The molecule has 1 N–H and O–H groups in total. The molecule has 162 valence electrons. The first kappa shape index (κ1) is 20.4. The van der Waals surface area contributed by atoms with E-state index in [-0.39, 0.29) is 5.41 Å². The topological polar surface area (TPSA) is 49.6 Å². The summed E-state index contributed by atoms with van der Waals surface area (Å²) in [5, 5.41) is 6.17. The summed E-state index contributed by atoms with van der Waals surface area (Å²) in [5.41, 5.74) is 3.45. The highest BCUT2D eigenvalue weighted by atomic mass is 31.2. The zero-order chi connectivity index (χ0) is 20.8. The Hall–Kier alpha value is -1.46. The van der Waals surface area contributed by atoms with Crippen LogP contribution in [0.15, 0.2) is 46.4 Å². The van der Waals surface area contributed by atoms with Gasteiger partial charge in [-0.3, -0.25) is 4.57 Å². The van der Waals surface area contributed by atoms with Gasteiger partial charge in [0.05, 0.1) is 24.6 Å². The number of anilines is 1. The molecule has 0 spiro atoms. The number of fused-ring (bicyclic) bond motifs is 1. The van der Waals surface area contributed by atoms with E-state index in [1.807, 2.05) is 35.1 Å². The first-order valence-corrected chi connectivity index (χ1v) is 13.1. The van der Waals surface area contributed by atoms with Crippen molar-refractivity contribution in [2.75, 3.05) is 44.2 Å². The van der Waals surface area contributed by atoms with Gasteiger partial charge in [0.25, 0.3) is 7.44 Å². The number of benzene rings is 1. The molecule has 6 nitrogen and oxygen atoms in total. The molecule has 1 aromatic rings. The fraction of sp³-hybridized carbons (Fsp3) is 0.609. The maximum Gasteiger partial charge on any atom is 0.296 e. The Kier molecular flexibility index (Phi) is 5.39. The average molecular weight is 430 g/mol. The Morgan fingerprint density at radius 2 is 1.73 bits per heavy atom. The molecule has 0 unspecified atom stereocenters. The van der Waals surface area contributed by atoms with Crippen molar-refractivity contribution in [1.82, 2.24) is 4.67 Å². The zero-order valence-corrected chi connectivity index (χ0v) is 19.2. The van der Waals surface area contributed by atoms with Crippen molar-refractivity contribution in [3.63, 3.8) is 0 Å². The molecule has 0 radical (unpaired) electrons. The van der Waals surface area contributed by atoms with Crippen LogP contribution in [0.5, 0.6) is 0 Å². The second-order valence-electron chi connectivity index (χ2n) is 9.79. The van der Waals surface area contributed by atoms with E-state index in [2.05, 4.69) is 18.5 Å². The molecular weight excluding hydrogens is 395 g/mol. The molecule has 1 aliphatic carbocycles. The number of para-hydroxylation sites is 1. The normalized spacial score (nSPS) is 30.3. The highest BCUT2D eigenvalue weighted by Crippen LogP contribution is 2.68. The summed E-state index contributed by atoms with van der Waals surface area (Å²) in [6.45, 7) is 9.88. The van der Waals surface area contributed by atoms with Crippen LogP contribution >= 0.6 is 7.44 Å². The molecule has 0 amide bonds.